The monoisotopic (exact) mass is 312 g/mol. The summed E-state index contributed by atoms with van der Waals surface area (Å²) in [5, 5.41) is 0.443. The molecule has 1 heterocycles. The van der Waals surface area contributed by atoms with Gasteiger partial charge in [-0.25, -0.2) is 4.79 Å². The molecule has 1 aromatic carbocycles. The fourth-order valence-electron chi connectivity index (χ4n) is 1.77. The summed E-state index contributed by atoms with van der Waals surface area (Å²) in [7, 11) is 0. The Labute approximate surface area is 124 Å². The van der Waals surface area contributed by atoms with Crippen LogP contribution in [0.2, 0.25) is 5.02 Å². The minimum absolute atomic E-state index is 0.0672. The van der Waals surface area contributed by atoms with Crippen molar-refractivity contribution in [3.63, 3.8) is 0 Å². The summed E-state index contributed by atoms with van der Waals surface area (Å²) in [6.45, 7) is 1.44. The van der Waals surface area contributed by atoms with Crippen molar-refractivity contribution >= 4 is 34.6 Å². The van der Waals surface area contributed by atoms with E-state index in [4.69, 9.17) is 26.5 Å². The molecule has 1 aromatic heterocycles. The largest absolute Gasteiger partial charge is 0.453 e. The van der Waals surface area contributed by atoms with Gasteiger partial charge in [0.05, 0.1) is 11.9 Å². The molecule has 0 saturated heterocycles. The second-order valence-electron chi connectivity index (χ2n) is 4.42. The van der Waals surface area contributed by atoms with E-state index in [2.05, 4.69) is 0 Å². The SMILES string of the molecule is CC(OC(=O)CCn1c(=O)oc2cc(Cl)ccc21)C(N)=O. The normalized spacial score (nSPS) is 12.3. The molecule has 0 bridgehead atoms. The van der Waals surface area contributed by atoms with Gasteiger partial charge in [-0.05, 0) is 19.1 Å². The maximum Gasteiger partial charge on any atom is 0.419 e. The molecule has 21 heavy (non-hydrogen) atoms. The van der Waals surface area contributed by atoms with Gasteiger partial charge in [0.1, 0.15) is 0 Å². The first-order chi connectivity index (χ1) is 9.88. The Balaban J connectivity index is 2.10. The average molecular weight is 313 g/mol. The number of carbonyl (C=O) groups excluding carboxylic acids is 2. The lowest BCUT2D eigenvalue weighted by Gasteiger charge is -2.09. The Kier molecular flexibility index (Phi) is 4.32. The van der Waals surface area contributed by atoms with Crippen molar-refractivity contribution in [1.29, 1.82) is 0 Å². The van der Waals surface area contributed by atoms with Crippen LogP contribution in [-0.2, 0) is 20.9 Å². The molecule has 1 atom stereocenters. The summed E-state index contributed by atoms with van der Waals surface area (Å²) in [4.78, 5) is 34.1. The third-order valence-corrected chi connectivity index (χ3v) is 3.11. The number of ether oxygens (including phenoxy) is 1. The average Bonchev–Trinajstić information content (AvgIpc) is 2.70. The van der Waals surface area contributed by atoms with Gasteiger partial charge in [-0.2, -0.15) is 0 Å². The van der Waals surface area contributed by atoms with E-state index in [1.807, 2.05) is 0 Å². The first-order valence-corrected chi connectivity index (χ1v) is 6.54. The molecule has 0 aliphatic rings. The van der Waals surface area contributed by atoms with E-state index in [0.29, 0.717) is 16.1 Å². The van der Waals surface area contributed by atoms with Crippen LogP contribution in [0.25, 0.3) is 11.1 Å². The molecule has 8 heteroatoms. The topological polar surface area (TPSA) is 105 Å². The summed E-state index contributed by atoms with van der Waals surface area (Å²) in [6, 6.07) is 4.76. The van der Waals surface area contributed by atoms with Gasteiger partial charge >= 0.3 is 11.7 Å². The molecule has 2 rings (SSSR count). The minimum Gasteiger partial charge on any atom is -0.453 e. The zero-order valence-electron chi connectivity index (χ0n) is 11.2. The van der Waals surface area contributed by atoms with Crippen LogP contribution in [0.5, 0.6) is 0 Å². The summed E-state index contributed by atoms with van der Waals surface area (Å²) in [5.74, 6) is -1.96. The third-order valence-electron chi connectivity index (χ3n) is 2.88. The highest BCUT2D eigenvalue weighted by molar-refractivity contribution is 6.31. The summed E-state index contributed by atoms with van der Waals surface area (Å²) >= 11 is 5.81. The van der Waals surface area contributed by atoms with Crippen molar-refractivity contribution in [3.05, 3.63) is 33.8 Å². The molecule has 0 fully saturated rings. The molecule has 2 aromatic rings. The van der Waals surface area contributed by atoms with Crippen molar-refractivity contribution in [2.75, 3.05) is 0 Å². The number of hydrogen-bond acceptors (Lipinski definition) is 5. The lowest BCUT2D eigenvalue weighted by atomic mass is 10.3. The number of primary amides is 1. The Morgan fingerprint density at radius 1 is 1.48 bits per heavy atom. The lowest BCUT2D eigenvalue weighted by Crippen LogP contribution is -2.31. The number of hydrogen-bond donors (Lipinski definition) is 1. The number of halogens is 1. The van der Waals surface area contributed by atoms with Gasteiger partial charge in [0.2, 0.25) is 0 Å². The van der Waals surface area contributed by atoms with E-state index >= 15 is 0 Å². The number of benzene rings is 1. The zero-order valence-corrected chi connectivity index (χ0v) is 11.9. The Morgan fingerprint density at radius 3 is 2.86 bits per heavy atom. The van der Waals surface area contributed by atoms with E-state index in [-0.39, 0.29) is 13.0 Å². The van der Waals surface area contributed by atoms with E-state index in [1.165, 1.54) is 17.6 Å². The van der Waals surface area contributed by atoms with E-state index in [0.717, 1.165) is 0 Å². The smallest absolute Gasteiger partial charge is 0.419 e. The number of oxazole rings is 1. The number of amides is 1. The van der Waals surface area contributed by atoms with Crippen molar-refractivity contribution in [1.82, 2.24) is 4.57 Å². The number of carbonyl (C=O) groups is 2. The maximum absolute atomic E-state index is 11.7. The summed E-state index contributed by atoms with van der Waals surface area (Å²) in [6.07, 6.45) is -1.09. The summed E-state index contributed by atoms with van der Waals surface area (Å²) in [5.41, 5.74) is 5.86. The highest BCUT2D eigenvalue weighted by atomic mass is 35.5. The molecule has 0 saturated carbocycles. The predicted molar refractivity (Wildman–Crippen MR) is 74.8 cm³/mol. The first-order valence-electron chi connectivity index (χ1n) is 6.16. The number of nitrogens with two attached hydrogens (primary N) is 1. The highest BCUT2D eigenvalue weighted by Gasteiger charge is 2.16. The molecule has 2 N–H and O–H groups in total. The number of aromatic nitrogens is 1. The van der Waals surface area contributed by atoms with Crippen LogP contribution in [0.4, 0.5) is 0 Å². The Bertz CT molecular complexity index is 749. The van der Waals surface area contributed by atoms with E-state index in [1.54, 1.807) is 12.1 Å². The summed E-state index contributed by atoms with van der Waals surface area (Å²) < 4.78 is 11.1. The molecular formula is C13H13ClN2O5. The third kappa shape index (κ3) is 3.43. The number of fused-ring (bicyclic) bond motifs is 1. The molecule has 0 aliphatic carbocycles. The quantitative estimate of drug-likeness (QED) is 0.831. The minimum atomic E-state index is -1.01. The van der Waals surface area contributed by atoms with Crippen LogP contribution in [0.15, 0.2) is 27.4 Å². The Morgan fingerprint density at radius 2 is 2.19 bits per heavy atom. The fraction of sp³-hybridized carbons (Fsp3) is 0.308. The molecule has 0 radical (unpaired) electrons. The van der Waals surface area contributed by atoms with Crippen molar-refractivity contribution in [2.45, 2.75) is 26.0 Å². The molecule has 0 aliphatic heterocycles. The molecular weight excluding hydrogens is 300 g/mol. The van der Waals surface area contributed by atoms with Crippen LogP contribution >= 0.6 is 11.6 Å². The van der Waals surface area contributed by atoms with E-state index in [9.17, 15) is 14.4 Å². The predicted octanol–water partition coefficient (Wildman–Crippen LogP) is 1.05. The van der Waals surface area contributed by atoms with Gasteiger partial charge in [-0.3, -0.25) is 14.2 Å². The number of rotatable bonds is 5. The molecule has 7 nitrogen and oxygen atoms in total. The van der Waals surface area contributed by atoms with Crippen LogP contribution in [0, 0.1) is 0 Å². The van der Waals surface area contributed by atoms with Gasteiger partial charge in [0, 0.05) is 17.6 Å². The van der Waals surface area contributed by atoms with Gasteiger partial charge < -0.3 is 14.9 Å². The number of nitrogens with zero attached hydrogens (tertiary/aromatic N) is 1. The van der Waals surface area contributed by atoms with Gasteiger partial charge in [-0.15, -0.1) is 0 Å². The van der Waals surface area contributed by atoms with E-state index < -0.39 is 23.7 Å². The van der Waals surface area contributed by atoms with Gasteiger partial charge in [0.25, 0.3) is 5.91 Å². The van der Waals surface area contributed by atoms with Crippen LogP contribution < -0.4 is 11.5 Å². The molecule has 0 spiro atoms. The second-order valence-corrected chi connectivity index (χ2v) is 4.85. The van der Waals surface area contributed by atoms with Crippen LogP contribution in [0.3, 0.4) is 0 Å². The number of esters is 1. The fourth-order valence-corrected chi connectivity index (χ4v) is 1.93. The van der Waals surface area contributed by atoms with Crippen LogP contribution in [-0.4, -0.2) is 22.5 Å². The van der Waals surface area contributed by atoms with Crippen LogP contribution in [0.1, 0.15) is 13.3 Å². The second kappa shape index (κ2) is 6.01. The van der Waals surface area contributed by atoms with Crippen molar-refractivity contribution in [3.8, 4) is 0 Å². The molecule has 1 amide bonds. The Hall–Kier alpha value is -2.28. The maximum atomic E-state index is 11.7. The van der Waals surface area contributed by atoms with Gasteiger partial charge in [-0.1, -0.05) is 11.6 Å². The first kappa shape index (κ1) is 15.1. The zero-order chi connectivity index (χ0) is 15.6. The number of aryl methyl sites for hydroxylation is 1. The molecule has 112 valence electrons. The highest BCUT2D eigenvalue weighted by Crippen LogP contribution is 2.18. The van der Waals surface area contributed by atoms with Crippen molar-refractivity contribution in [2.24, 2.45) is 5.73 Å². The molecule has 1 unspecified atom stereocenters. The van der Waals surface area contributed by atoms with Crippen molar-refractivity contribution < 1.29 is 18.7 Å². The van der Waals surface area contributed by atoms with Gasteiger partial charge in [0.15, 0.2) is 11.7 Å². The standard InChI is InChI=1S/C13H13ClN2O5/c1-7(12(15)18)20-11(17)4-5-16-9-3-2-8(14)6-10(9)21-13(16)19/h2-3,6-7H,4-5H2,1H3,(H2,15,18). The lowest BCUT2D eigenvalue weighted by molar-refractivity contribution is -0.153.